The number of rotatable bonds is 3. The summed E-state index contributed by atoms with van der Waals surface area (Å²) in [5.41, 5.74) is 6.84. The van der Waals surface area contributed by atoms with Gasteiger partial charge in [-0.25, -0.2) is 0 Å². The van der Waals surface area contributed by atoms with Crippen LogP contribution in [0.15, 0.2) is 60.7 Å². The van der Waals surface area contributed by atoms with Crippen molar-refractivity contribution < 1.29 is 4.74 Å². The number of hydrogen-bond acceptors (Lipinski definition) is 2. The van der Waals surface area contributed by atoms with Gasteiger partial charge in [-0.3, -0.25) is 0 Å². The van der Waals surface area contributed by atoms with Gasteiger partial charge in [-0.1, -0.05) is 48.0 Å². The summed E-state index contributed by atoms with van der Waals surface area (Å²) in [6, 6.07) is 19.7. The van der Waals surface area contributed by atoms with Crippen LogP contribution >= 0.6 is 11.6 Å². The Kier molecular flexibility index (Phi) is 3.82. The summed E-state index contributed by atoms with van der Waals surface area (Å²) in [6.07, 6.45) is 0. The average molecular weight is 298 g/mol. The van der Waals surface area contributed by atoms with Crippen molar-refractivity contribution in [3.63, 3.8) is 0 Å². The van der Waals surface area contributed by atoms with E-state index in [9.17, 15) is 0 Å². The first kappa shape index (κ1) is 13.9. The molecule has 1 atom stereocenters. The molecule has 0 heterocycles. The van der Waals surface area contributed by atoms with Crippen LogP contribution in [0.25, 0.3) is 10.8 Å². The average Bonchev–Trinajstić information content (AvgIpc) is 2.49. The maximum Gasteiger partial charge on any atom is 0.146 e. The molecule has 0 saturated carbocycles. The van der Waals surface area contributed by atoms with Crippen LogP contribution in [-0.2, 0) is 0 Å². The second-order valence-electron chi connectivity index (χ2n) is 5.09. The Morgan fingerprint density at radius 3 is 2.43 bits per heavy atom. The molecule has 0 amide bonds. The molecule has 0 aromatic heterocycles. The Labute approximate surface area is 129 Å². The van der Waals surface area contributed by atoms with Gasteiger partial charge < -0.3 is 10.5 Å². The summed E-state index contributed by atoms with van der Waals surface area (Å²) in [4.78, 5) is 0. The van der Waals surface area contributed by atoms with Crippen LogP contribution in [0.1, 0.15) is 18.5 Å². The van der Waals surface area contributed by atoms with Crippen molar-refractivity contribution in [1.29, 1.82) is 0 Å². The van der Waals surface area contributed by atoms with Gasteiger partial charge in [0.15, 0.2) is 0 Å². The van der Waals surface area contributed by atoms with Crippen molar-refractivity contribution in [1.82, 2.24) is 0 Å². The van der Waals surface area contributed by atoms with Crippen LogP contribution in [0.4, 0.5) is 0 Å². The minimum absolute atomic E-state index is 0.0442. The van der Waals surface area contributed by atoms with Crippen LogP contribution in [0.5, 0.6) is 11.5 Å². The van der Waals surface area contributed by atoms with E-state index in [2.05, 4.69) is 12.1 Å². The molecule has 2 N–H and O–H groups in total. The summed E-state index contributed by atoms with van der Waals surface area (Å²) in [6.45, 7) is 1.93. The third kappa shape index (κ3) is 3.02. The van der Waals surface area contributed by atoms with E-state index in [1.165, 1.54) is 5.39 Å². The quantitative estimate of drug-likeness (QED) is 0.711. The number of hydrogen-bond donors (Lipinski definition) is 1. The molecule has 0 aliphatic carbocycles. The van der Waals surface area contributed by atoms with Crippen molar-refractivity contribution in [3.05, 3.63) is 71.2 Å². The van der Waals surface area contributed by atoms with Crippen LogP contribution in [-0.4, -0.2) is 0 Å². The number of ether oxygens (including phenoxy) is 1. The normalized spacial score (nSPS) is 12.3. The predicted molar refractivity (Wildman–Crippen MR) is 88.1 cm³/mol. The van der Waals surface area contributed by atoms with Crippen LogP contribution in [0, 0.1) is 0 Å². The van der Waals surface area contributed by atoms with E-state index in [0.717, 1.165) is 16.7 Å². The van der Waals surface area contributed by atoms with Crippen molar-refractivity contribution in [2.45, 2.75) is 13.0 Å². The molecule has 0 radical (unpaired) electrons. The zero-order valence-electron chi connectivity index (χ0n) is 11.7. The summed E-state index contributed by atoms with van der Waals surface area (Å²) in [5.74, 6) is 1.40. The Bertz CT molecular complexity index is 783. The van der Waals surface area contributed by atoms with Crippen LogP contribution < -0.4 is 10.5 Å². The zero-order valence-corrected chi connectivity index (χ0v) is 12.5. The van der Waals surface area contributed by atoms with Gasteiger partial charge in [0.05, 0.1) is 5.02 Å². The van der Waals surface area contributed by atoms with Crippen molar-refractivity contribution in [2.75, 3.05) is 0 Å². The molecular formula is C18H16ClNO. The van der Waals surface area contributed by atoms with Gasteiger partial charge >= 0.3 is 0 Å². The highest BCUT2D eigenvalue weighted by atomic mass is 35.5. The molecule has 3 aromatic rings. The Morgan fingerprint density at radius 1 is 0.952 bits per heavy atom. The minimum atomic E-state index is -0.0442. The summed E-state index contributed by atoms with van der Waals surface area (Å²) >= 11 is 6.26. The Hall–Kier alpha value is -2.03. The van der Waals surface area contributed by atoms with E-state index in [-0.39, 0.29) is 6.04 Å². The first-order valence-electron chi connectivity index (χ1n) is 6.85. The molecule has 0 fully saturated rings. The van der Waals surface area contributed by atoms with E-state index in [4.69, 9.17) is 22.1 Å². The number of fused-ring (bicyclic) bond motifs is 1. The number of nitrogens with two attached hydrogens (primary N) is 1. The van der Waals surface area contributed by atoms with Gasteiger partial charge in [0.25, 0.3) is 0 Å². The molecule has 0 spiro atoms. The standard InChI is InChI=1S/C18H16ClNO/c1-12(20)14-7-9-18(17(19)11-14)21-16-8-6-13-4-2-3-5-15(13)10-16/h2-12H,20H2,1H3. The summed E-state index contributed by atoms with van der Waals surface area (Å²) in [7, 11) is 0. The molecule has 3 rings (SSSR count). The molecule has 0 aliphatic heterocycles. The number of halogens is 1. The molecule has 0 aliphatic rings. The fraction of sp³-hybridized carbons (Fsp3) is 0.111. The molecule has 106 valence electrons. The molecule has 2 nitrogen and oxygen atoms in total. The highest BCUT2D eigenvalue weighted by Gasteiger charge is 2.07. The second-order valence-corrected chi connectivity index (χ2v) is 5.50. The molecule has 0 saturated heterocycles. The third-order valence-electron chi connectivity index (χ3n) is 3.43. The minimum Gasteiger partial charge on any atom is -0.456 e. The van der Waals surface area contributed by atoms with E-state index < -0.39 is 0 Å². The molecular weight excluding hydrogens is 282 g/mol. The molecule has 0 bridgehead atoms. The molecule has 21 heavy (non-hydrogen) atoms. The zero-order chi connectivity index (χ0) is 14.8. The smallest absolute Gasteiger partial charge is 0.146 e. The maximum atomic E-state index is 6.26. The molecule has 1 unspecified atom stereocenters. The van der Waals surface area contributed by atoms with E-state index in [0.29, 0.717) is 10.8 Å². The van der Waals surface area contributed by atoms with E-state index in [1.807, 2.05) is 55.5 Å². The lowest BCUT2D eigenvalue weighted by molar-refractivity contribution is 0.483. The Morgan fingerprint density at radius 2 is 1.71 bits per heavy atom. The van der Waals surface area contributed by atoms with Crippen LogP contribution in [0.3, 0.4) is 0 Å². The predicted octanol–water partition coefficient (Wildman–Crippen LogP) is 5.31. The lowest BCUT2D eigenvalue weighted by Gasteiger charge is -2.11. The highest BCUT2D eigenvalue weighted by Crippen LogP contribution is 2.32. The monoisotopic (exact) mass is 297 g/mol. The third-order valence-corrected chi connectivity index (χ3v) is 3.73. The first-order valence-corrected chi connectivity index (χ1v) is 7.23. The Balaban J connectivity index is 1.91. The highest BCUT2D eigenvalue weighted by molar-refractivity contribution is 6.32. The van der Waals surface area contributed by atoms with Crippen molar-refractivity contribution in [3.8, 4) is 11.5 Å². The molecule has 3 heteroatoms. The van der Waals surface area contributed by atoms with Gasteiger partial charge in [0, 0.05) is 6.04 Å². The topological polar surface area (TPSA) is 35.2 Å². The SMILES string of the molecule is CC(N)c1ccc(Oc2ccc3ccccc3c2)c(Cl)c1. The summed E-state index contributed by atoms with van der Waals surface area (Å²) in [5, 5.41) is 2.89. The number of benzene rings is 3. The van der Waals surface area contributed by atoms with Crippen LogP contribution in [0.2, 0.25) is 5.02 Å². The van der Waals surface area contributed by atoms with E-state index in [1.54, 1.807) is 0 Å². The molecule has 3 aromatic carbocycles. The fourth-order valence-corrected chi connectivity index (χ4v) is 2.47. The van der Waals surface area contributed by atoms with Gasteiger partial charge in [-0.15, -0.1) is 0 Å². The first-order chi connectivity index (χ1) is 10.1. The van der Waals surface area contributed by atoms with Crippen molar-refractivity contribution >= 4 is 22.4 Å². The lowest BCUT2D eigenvalue weighted by atomic mass is 10.1. The van der Waals surface area contributed by atoms with Gasteiger partial charge in [-0.2, -0.15) is 0 Å². The second kappa shape index (κ2) is 5.76. The lowest BCUT2D eigenvalue weighted by Crippen LogP contribution is -2.04. The maximum absolute atomic E-state index is 6.26. The summed E-state index contributed by atoms with van der Waals surface area (Å²) < 4.78 is 5.88. The van der Waals surface area contributed by atoms with Gasteiger partial charge in [0.2, 0.25) is 0 Å². The largest absolute Gasteiger partial charge is 0.456 e. The fourth-order valence-electron chi connectivity index (χ4n) is 2.24. The van der Waals surface area contributed by atoms with E-state index >= 15 is 0 Å². The van der Waals surface area contributed by atoms with Crippen molar-refractivity contribution in [2.24, 2.45) is 5.73 Å². The van der Waals surface area contributed by atoms with Gasteiger partial charge in [-0.05, 0) is 47.5 Å². The van der Waals surface area contributed by atoms with Gasteiger partial charge in [0.1, 0.15) is 11.5 Å².